The Labute approximate surface area is 83.5 Å². The summed E-state index contributed by atoms with van der Waals surface area (Å²) in [5.74, 6) is 0. The number of halogens is 1. The molecule has 0 aliphatic carbocycles. The van der Waals surface area contributed by atoms with Gasteiger partial charge in [-0.2, -0.15) is 0 Å². The van der Waals surface area contributed by atoms with Crippen LogP contribution < -0.4 is 4.90 Å². The highest BCUT2D eigenvalue weighted by Gasteiger charge is 2.12. The van der Waals surface area contributed by atoms with Gasteiger partial charge in [0, 0.05) is 13.1 Å². The van der Waals surface area contributed by atoms with Crippen molar-refractivity contribution in [2.75, 3.05) is 31.2 Å². The van der Waals surface area contributed by atoms with E-state index in [1.807, 2.05) is 6.20 Å². The first-order valence-electron chi connectivity index (χ1n) is 3.80. The Morgan fingerprint density at radius 1 is 1.50 bits per heavy atom. The van der Waals surface area contributed by atoms with Crippen LogP contribution in [-0.4, -0.2) is 31.3 Å². The van der Waals surface area contributed by atoms with Crippen molar-refractivity contribution in [3.05, 3.63) is 10.1 Å². The molecule has 0 unspecified atom stereocenters. The molecule has 0 spiro atoms. The largest absolute Gasteiger partial charge is 0.378 e. The quantitative estimate of drug-likeness (QED) is 0.758. The van der Waals surface area contributed by atoms with Crippen LogP contribution in [0.1, 0.15) is 0 Å². The van der Waals surface area contributed by atoms with Gasteiger partial charge in [0.15, 0.2) is 3.92 Å². The highest BCUT2D eigenvalue weighted by Crippen LogP contribution is 2.27. The van der Waals surface area contributed by atoms with Gasteiger partial charge in [-0.15, -0.1) is 0 Å². The molecule has 0 N–H and O–H groups in total. The number of hydrogen-bond donors (Lipinski definition) is 0. The second-order valence-corrected chi connectivity index (χ2v) is 4.84. The fourth-order valence-corrected chi connectivity index (χ4v) is 2.47. The summed E-state index contributed by atoms with van der Waals surface area (Å²) in [6, 6.07) is 0. The molecule has 1 aliphatic heterocycles. The topological polar surface area (TPSA) is 25.4 Å². The van der Waals surface area contributed by atoms with E-state index in [2.05, 4.69) is 25.8 Å². The predicted molar refractivity (Wildman–Crippen MR) is 52.8 cm³/mol. The molecule has 0 atom stereocenters. The first-order chi connectivity index (χ1) is 5.86. The average Bonchev–Trinajstić information content (AvgIpc) is 2.54. The molecule has 0 aromatic carbocycles. The van der Waals surface area contributed by atoms with Gasteiger partial charge in [0.05, 0.1) is 19.4 Å². The minimum Gasteiger partial charge on any atom is -0.378 e. The maximum atomic E-state index is 5.26. The number of ether oxygens (including phenoxy) is 1. The van der Waals surface area contributed by atoms with E-state index in [0.717, 1.165) is 30.2 Å². The van der Waals surface area contributed by atoms with E-state index in [1.54, 1.807) is 11.3 Å². The normalized spacial score (nSPS) is 18.2. The van der Waals surface area contributed by atoms with E-state index in [0.29, 0.717) is 0 Å². The maximum Gasteiger partial charge on any atom is 0.161 e. The van der Waals surface area contributed by atoms with Crippen LogP contribution in [0.2, 0.25) is 0 Å². The summed E-state index contributed by atoms with van der Waals surface area (Å²) < 4.78 is 6.21. The van der Waals surface area contributed by atoms with Crippen LogP contribution in [-0.2, 0) is 4.74 Å². The number of rotatable bonds is 1. The summed E-state index contributed by atoms with van der Waals surface area (Å²) in [7, 11) is 0. The molecule has 1 saturated heterocycles. The first-order valence-corrected chi connectivity index (χ1v) is 5.41. The molecule has 12 heavy (non-hydrogen) atoms. The lowest BCUT2D eigenvalue weighted by Gasteiger charge is -2.26. The molecule has 0 amide bonds. The molecular formula is C7H9BrN2OS. The van der Waals surface area contributed by atoms with Gasteiger partial charge < -0.3 is 9.64 Å². The Hall–Kier alpha value is -0.130. The molecule has 5 heteroatoms. The van der Waals surface area contributed by atoms with Gasteiger partial charge in [-0.25, -0.2) is 4.98 Å². The fourth-order valence-electron chi connectivity index (χ4n) is 1.17. The van der Waals surface area contributed by atoms with Crippen LogP contribution in [0, 0.1) is 0 Å². The Kier molecular flexibility index (Phi) is 2.63. The number of hydrogen-bond acceptors (Lipinski definition) is 4. The zero-order valence-electron chi connectivity index (χ0n) is 6.49. The minimum absolute atomic E-state index is 0.829. The average molecular weight is 249 g/mol. The van der Waals surface area contributed by atoms with E-state index in [1.165, 1.54) is 5.00 Å². The highest BCUT2D eigenvalue weighted by atomic mass is 79.9. The van der Waals surface area contributed by atoms with Gasteiger partial charge in [-0.1, -0.05) is 11.3 Å². The summed E-state index contributed by atoms with van der Waals surface area (Å²) >= 11 is 5.02. The van der Waals surface area contributed by atoms with Gasteiger partial charge in [0.2, 0.25) is 0 Å². The lowest BCUT2D eigenvalue weighted by atomic mass is 10.4. The molecule has 2 heterocycles. The predicted octanol–water partition coefficient (Wildman–Crippen LogP) is 1.74. The van der Waals surface area contributed by atoms with Gasteiger partial charge in [0.1, 0.15) is 5.00 Å². The third kappa shape index (κ3) is 1.78. The standard InChI is InChI=1S/C7H9BrN2OS/c8-7-9-5-6(12-7)10-1-3-11-4-2-10/h5H,1-4H2. The van der Waals surface area contributed by atoms with Crippen molar-refractivity contribution >= 4 is 32.3 Å². The van der Waals surface area contributed by atoms with Crippen molar-refractivity contribution in [2.24, 2.45) is 0 Å². The van der Waals surface area contributed by atoms with Crippen molar-refractivity contribution in [3.8, 4) is 0 Å². The summed E-state index contributed by atoms with van der Waals surface area (Å²) in [6.45, 7) is 3.62. The van der Waals surface area contributed by atoms with E-state index in [4.69, 9.17) is 4.74 Å². The lowest BCUT2D eigenvalue weighted by molar-refractivity contribution is 0.123. The minimum atomic E-state index is 0.829. The fraction of sp³-hybridized carbons (Fsp3) is 0.571. The van der Waals surface area contributed by atoms with Crippen molar-refractivity contribution < 1.29 is 4.74 Å². The Balaban J connectivity index is 2.08. The first kappa shape index (κ1) is 8.47. The van der Waals surface area contributed by atoms with Crippen molar-refractivity contribution in [3.63, 3.8) is 0 Å². The number of anilines is 1. The van der Waals surface area contributed by atoms with E-state index in [9.17, 15) is 0 Å². The van der Waals surface area contributed by atoms with Crippen LogP contribution in [0.4, 0.5) is 5.00 Å². The molecule has 66 valence electrons. The smallest absolute Gasteiger partial charge is 0.161 e. The Morgan fingerprint density at radius 3 is 2.83 bits per heavy atom. The zero-order chi connectivity index (χ0) is 8.39. The van der Waals surface area contributed by atoms with Crippen molar-refractivity contribution in [1.29, 1.82) is 0 Å². The zero-order valence-corrected chi connectivity index (χ0v) is 8.90. The molecule has 1 aliphatic rings. The maximum absolute atomic E-state index is 5.26. The number of aromatic nitrogens is 1. The van der Waals surface area contributed by atoms with Crippen LogP contribution in [0.3, 0.4) is 0 Å². The highest BCUT2D eigenvalue weighted by molar-refractivity contribution is 9.11. The summed E-state index contributed by atoms with van der Waals surface area (Å²) in [5, 5.41) is 1.23. The molecule has 3 nitrogen and oxygen atoms in total. The number of morpholine rings is 1. The summed E-state index contributed by atoms with van der Waals surface area (Å²) in [4.78, 5) is 6.44. The van der Waals surface area contributed by atoms with E-state index < -0.39 is 0 Å². The molecule has 1 fully saturated rings. The molecule has 2 rings (SSSR count). The van der Waals surface area contributed by atoms with Crippen LogP contribution in [0.25, 0.3) is 0 Å². The van der Waals surface area contributed by atoms with Crippen LogP contribution >= 0.6 is 27.3 Å². The molecular weight excluding hydrogens is 240 g/mol. The molecule has 1 aromatic heterocycles. The SMILES string of the molecule is Brc1ncc(N2CCOCC2)s1. The van der Waals surface area contributed by atoms with Gasteiger partial charge in [-0.05, 0) is 15.9 Å². The summed E-state index contributed by atoms with van der Waals surface area (Å²) in [6.07, 6.45) is 1.90. The van der Waals surface area contributed by atoms with Crippen LogP contribution in [0.5, 0.6) is 0 Å². The van der Waals surface area contributed by atoms with Gasteiger partial charge in [-0.3, -0.25) is 0 Å². The molecule has 0 bridgehead atoms. The number of nitrogens with zero attached hydrogens (tertiary/aromatic N) is 2. The van der Waals surface area contributed by atoms with E-state index >= 15 is 0 Å². The molecule has 0 saturated carbocycles. The van der Waals surface area contributed by atoms with Gasteiger partial charge in [0.25, 0.3) is 0 Å². The second-order valence-electron chi connectivity index (χ2n) is 2.55. The third-order valence-electron chi connectivity index (χ3n) is 1.79. The Bertz CT molecular complexity index is 260. The number of thiazole rings is 1. The Morgan fingerprint density at radius 2 is 2.25 bits per heavy atom. The van der Waals surface area contributed by atoms with E-state index in [-0.39, 0.29) is 0 Å². The van der Waals surface area contributed by atoms with Crippen molar-refractivity contribution in [2.45, 2.75) is 0 Å². The van der Waals surface area contributed by atoms with Crippen molar-refractivity contribution in [1.82, 2.24) is 4.98 Å². The third-order valence-corrected chi connectivity index (χ3v) is 3.32. The monoisotopic (exact) mass is 248 g/mol. The second kappa shape index (κ2) is 3.72. The molecule has 0 radical (unpaired) electrons. The summed E-state index contributed by atoms with van der Waals surface area (Å²) in [5.41, 5.74) is 0. The van der Waals surface area contributed by atoms with Crippen LogP contribution in [0.15, 0.2) is 10.1 Å². The lowest BCUT2D eigenvalue weighted by Crippen LogP contribution is -2.35. The molecule has 1 aromatic rings. The van der Waals surface area contributed by atoms with Gasteiger partial charge >= 0.3 is 0 Å².